The number of halogens is 1. The zero-order valence-corrected chi connectivity index (χ0v) is 28.0. The number of hydrogen-bond donors (Lipinski definition) is 1. The minimum Gasteiger partial charge on any atom is -0.497 e. The first-order chi connectivity index (χ1) is 24.0. The van der Waals surface area contributed by atoms with Crippen LogP contribution in [-0.2, 0) is 6.42 Å². The van der Waals surface area contributed by atoms with Crippen LogP contribution in [0.15, 0.2) is 115 Å². The van der Waals surface area contributed by atoms with Gasteiger partial charge in [0.05, 0.1) is 26.9 Å². The van der Waals surface area contributed by atoms with Gasteiger partial charge in [0.25, 0.3) is 5.91 Å². The molecule has 0 unspecified atom stereocenters. The van der Waals surface area contributed by atoms with Crippen molar-refractivity contribution in [3.63, 3.8) is 0 Å². The second-order valence-electron chi connectivity index (χ2n) is 12.4. The molecule has 1 aliphatic carbocycles. The van der Waals surface area contributed by atoms with Crippen molar-refractivity contribution in [3.8, 4) is 45.3 Å². The number of carbonyl (C=O) groups excluding carboxylic acids is 1. The maximum atomic E-state index is 14.3. The Kier molecular flexibility index (Phi) is 11.1. The van der Waals surface area contributed by atoms with Crippen LogP contribution in [0, 0.1) is 11.7 Å². The van der Waals surface area contributed by atoms with Crippen molar-refractivity contribution in [2.24, 2.45) is 5.92 Å². The number of rotatable bonds is 13. The predicted octanol–water partition coefficient (Wildman–Crippen LogP) is 9.17. The van der Waals surface area contributed by atoms with Gasteiger partial charge in [0, 0.05) is 17.7 Å². The van der Waals surface area contributed by atoms with Crippen LogP contribution in [0.25, 0.3) is 22.3 Å². The monoisotopic (exact) mass is 659 g/mol. The first-order valence-electron chi connectivity index (χ1n) is 16.8. The first-order valence-corrected chi connectivity index (χ1v) is 16.8. The van der Waals surface area contributed by atoms with Gasteiger partial charge in [0.2, 0.25) is 0 Å². The number of nitrogens with one attached hydrogen (secondary N) is 1. The predicted molar refractivity (Wildman–Crippen MR) is 191 cm³/mol. The molecule has 7 heteroatoms. The van der Waals surface area contributed by atoms with Crippen LogP contribution in [0.2, 0.25) is 0 Å². The maximum absolute atomic E-state index is 14.3. The Morgan fingerprint density at radius 2 is 1.47 bits per heavy atom. The molecule has 0 bridgehead atoms. The quantitative estimate of drug-likeness (QED) is 0.137. The van der Waals surface area contributed by atoms with Gasteiger partial charge in [0.15, 0.2) is 0 Å². The van der Waals surface area contributed by atoms with Crippen LogP contribution < -0.4 is 24.3 Å². The molecule has 5 aromatic carbocycles. The molecular weight excluding hydrogens is 617 g/mol. The third-order valence-corrected chi connectivity index (χ3v) is 9.06. The van der Waals surface area contributed by atoms with Crippen molar-refractivity contribution in [3.05, 3.63) is 132 Å². The third kappa shape index (κ3) is 8.79. The van der Waals surface area contributed by atoms with Crippen LogP contribution in [0.4, 0.5) is 4.39 Å². The molecule has 0 aliphatic heterocycles. The highest BCUT2D eigenvalue weighted by molar-refractivity contribution is 5.96. The minimum atomic E-state index is -0.300. The largest absolute Gasteiger partial charge is 0.497 e. The van der Waals surface area contributed by atoms with E-state index in [1.165, 1.54) is 12.1 Å². The van der Waals surface area contributed by atoms with E-state index in [4.69, 9.17) is 18.9 Å². The summed E-state index contributed by atoms with van der Waals surface area (Å²) in [6.45, 7) is 1.12. The number of ether oxygens (including phenoxy) is 4. The second kappa shape index (κ2) is 16.2. The minimum absolute atomic E-state index is 0.116. The van der Waals surface area contributed by atoms with E-state index in [2.05, 4.69) is 5.32 Å². The lowest BCUT2D eigenvalue weighted by atomic mass is 9.88. The highest BCUT2D eigenvalue weighted by atomic mass is 19.1. The Hall–Kier alpha value is -5.30. The molecule has 0 spiro atoms. The first kappa shape index (κ1) is 33.6. The van der Waals surface area contributed by atoms with E-state index in [9.17, 15) is 9.18 Å². The molecule has 1 saturated carbocycles. The lowest BCUT2D eigenvalue weighted by Gasteiger charge is -2.29. The second-order valence-corrected chi connectivity index (χ2v) is 12.4. The average Bonchev–Trinajstić information content (AvgIpc) is 3.15. The summed E-state index contributed by atoms with van der Waals surface area (Å²) in [5, 5.41) is 3.06. The van der Waals surface area contributed by atoms with Crippen LogP contribution in [0.3, 0.4) is 0 Å². The standard InChI is InChI=1S/C42H42FNO5/c1-46-37-13-7-9-32(25-37)40-26-33(17-21-41(40)47-2)42(45)44-23-22-30-16-20-38(27-39(30)31-8-6-10-34(43)24-31)49-36-18-14-29(15-19-36)28-48-35-11-4-3-5-12-35/h3-13,16-17,20-21,24-27,29,36H,14-15,18-19,22-23,28H2,1-2H3,(H,44,45). The number of methoxy groups -OCH3 is 2. The topological polar surface area (TPSA) is 66.0 Å². The fraction of sp³-hybridized carbons (Fsp3) is 0.262. The lowest BCUT2D eigenvalue weighted by molar-refractivity contribution is 0.0954. The van der Waals surface area contributed by atoms with Crippen molar-refractivity contribution < 1.29 is 28.1 Å². The Labute approximate surface area is 287 Å². The summed E-state index contributed by atoms with van der Waals surface area (Å²) in [4.78, 5) is 13.3. The molecule has 0 saturated heterocycles. The number of para-hydroxylation sites is 1. The third-order valence-electron chi connectivity index (χ3n) is 9.06. The Morgan fingerprint density at radius 3 is 2.22 bits per heavy atom. The fourth-order valence-electron chi connectivity index (χ4n) is 6.39. The maximum Gasteiger partial charge on any atom is 0.251 e. The molecule has 1 amide bonds. The molecule has 0 atom stereocenters. The van der Waals surface area contributed by atoms with Gasteiger partial charge < -0.3 is 24.3 Å². The molecule has 6 nitrogen and oxygen atoms in total. The van der Waals surface area contributed by atoms with Crippen molar-refractivity contribution in [2.45, 2.75) is 38.2 Å². The highest BCUT2D eigenvalue weighted by Gasteiger charge is 2.23. The van der Waals surface area contributed by atoms with Gasteiger partial charge in [-0.05, 0) is 127 Å². The molecule has 1 aliphatic rings. The summed E-state index contributed by atoms with van der Waals surface area (Å²) in [6.07, 6.45) is 4.67. The zero-order chi connectivity index (χ0) is 34.0. The van der Waals surface area contributed by atoms with E-state index in [1.807, 2.05) is 84.9 Å². The van der Waals surface area contributed by atoms with Crippen molar-refractivity contribution in [2.75, 3.05) is 27.4 Å². The van der Waals surface area contributed by atoms with Crippen molar-refractivity contribution in [1.82, 2.24) is 5.32 Å². The van der Waals surface area contributed by atoms with E-state index in [0.29, 0.717) is 36.8 Å². The Morgan fingerprint density at radius 1 is 0.714 bits per heavy atom. The molecule has 49 heavy (non-hydrogen) atoms. The zero-order valence-electron chi connectivity index (χ0n) is 28.0. The molecule has 6 rings (SSSR count). The van der Waals surface area contributed by atoms with Gasteiger partial charge in [-0.3, -0.25) is 4.79 Å². The van der Waals surface area contributed by atoms with E-state index < -0.39 is 0 Å². The van der Waals surface area contributed by atoms with Gasteiger partial charge in [-0.15, -0.1) is 0 Å². The van der Waals surface area contributed by atoms with Gasteiger partial charge in [-0.25, -0.2) is 4.39 Å². The van der Waals surface area contributed by atoms with Crippen LogP contribution in [0.1, 0.15) is 41.6 Å². The van der Waals surface area contributed by atoms with Crippen molar-refractivity contribution in [1.29, 1.82) is 0 Å². The van der Waals surface area contributed by atoms with Crippen LogP contribution in [0.5, 0.6) is 23.0 Å². The van der Waals surface area contributed by atoms with Crippen LogP contribution in [-0.4, -0.2) is 39.4 Å². The SMILES string of the molecule is COc1cccc(-c2cc(C(=O)NCCc3ccc(OC4CCC(COc5ccccc5)CC4)cc3-c3cccc(F)c3)ccc2OC)c1. The van der Waals surface area contributed by atoms with Crippen LogP contribution >= 0.6 is 0 Å². The molecule has 0 heterocycles. The summed E-state index contributed by atoms with van der Waals surface area (Å²) in [7, 11) is 3.23. The normalized spacial score (nSPS) is 15.7. The number of benzene rings is 5. The van der Waals surface area contributed by atoms with Gasteiger partial charge in [-0.2, -0.15) is 0 Å². The molecule has 0 aromatic heterocycles. The lowest BCUT2D eigenvalue weighted by Crippen LogP contribution is -2.27. The Bertz CT molecular complexity index is 1850. The number of amides is 1. The summed E-state index contributed by atoms with van der Waals surface area (Å²) < 4.78 is 37.8. The summed E-state index contributed by atoms with van der Waals surface area (Å²) in [5.41, 5.74) is 4.86. The molecule has 0 radical (unpaired) electrons. The summed E-state index contributed by atoms with van der Waals surface area (Å²) in [5.74, 6) is 3.07. The van der Waals surface area contributed by atoms with E-state index in [1.54, 1.807) is 32.4 Å². The number of hydrogen-bond acceptors (Lipinski definition) is 5. The van der Waals surface area contributed by atoms with E-state index in [-0.39, 0.29) is 17.8 Å². The van der Waals surface area contributed by atoms with E-state index in [0.717, 1.165) is 70.7 Å². The van der Waals surface area contributed by atoms with Gasteiger partial charge in [-0.1, -0.05) is 48.5 Å². The summed E-state index contributed by atoms with van der Waals surface area (Å²) >= 11 is 0. The number of carbonyl (C=O) groups is 1. The highest BCUT2D eigenvalue weighted by Crippen LogP contribution is 2.34. The molecule has 1 fully saturated rings. The fourth-order valence-corrected chi connectivity index (χ4v) is 6.39. The molecule has 5 aromatic rings. The Balaban J connectivity index is 1.10. The molecule has 252 valence electrons. The van der Waals surface area contributed by atoms with Crippen molar-refractivity contribution >= 4 is 5.91 Å². The molecule has 1 N–H and O–H groups in total. The van der Waals surface area contributed by atoms with Gasteiger partial charge >= 0.3 is 0 Å². The van der Waals surface area contributed by atoms with E-state index >= 15 is 0 Å². The molecular formula is C42H42FNO5. The van der Waals surface area contributed by atoms with Gasteiger partial charge in [0.1, 0.15) is 28.8 Å². The summed E-state index contributed by atoms with van der Waals surface area (Å²) in [6, 6.07) is 35.6. The average molecular weight is 660 g/mol. The smallest absolute Gasteiger partial charge is 0.251 e.